The minimum Gasteiger partial charge on any atom is -0.307 e. The number of halogens is 1. The van der Waals surface area contributed by atoms with Crippen molar-refractivity contribution in [2.45, 2.75) is 26.2 Å². The maximum atomic E-state index is 21.4. The van der Waals surface area contributed by atoms with Crippen molar-refractivity contribution in [1.82, 2.24) is 38.2 Å². The van der Waals surface area contributed by atoms with Gasteiger partial charge in [0.1, 0.15) is 11.4 Å². The molecule has 0 atom stereocenters. The molecule has 17 aromatic rings. The molecule has 0 spiro atoms. The van der Waals surface area contributed by atoms with E-state index in [1.165, 1.54) is 0 Å². The number of hydrogen-bond acceptors (Lipinski definition) is 4. The molecular formula is C78H53FN8. The zero-order valence-electron chi connectivity index (χ0n) is 47.9. The molecule has 8 heterocycles. The van der Waals surface area contributed by atoms with Crippen molar-refractivity contribution in [1.29, 1.82) is 0 Å². The number of fused-ring (bicyclic) bond motifs is 12. The summed E-state index contributed by atoms with van der Waals surface area (Å²) < 4.78 is 30.6. The molecule has 0 radical (unpaired) electrons. The molecule has 17 rings (SSSR count). The van der Waals surface area contributed by atoms with Crippen molar-refractivity contribution in [2.24, 2.45) is 0 Å². The third-order valence-electron chi connectivity index (χ3n) is 17.5. The van der Waals surface area contributed by atoms with E-state index in [2.05, 4.69) is 233 Å². The van der Waals surface area contributed by atoms with E-state index in [1.54, 1.807) is 0 Å². The number of para-hydroxylation sites is 4. The van der Waals surface area contributed by atoms with E-state index in [-0.39, 0.29) is 5.82 Å². The van der Waals surface area contributed by atoms with Crippen LogP contribution in [0.2, 0.25) is 0 Å². The number of nitrogens with zero attached hydrogens (tertiary/aromatic N) is 8. The summed E-state index contributed by atoms with van der Waals surface area (Å²) in [5.74, 6) is -0.388. The summed E-state index contributed by atoms with van der Waals surface area (Å²) in [4.78, 5) is 19.4. The van der Waals surface area contributed by atoms with Crippen LogP contribution in [-0.2, 0) is 5.41 Å². The first-order valence-corrected chi connectivity index (χ1v) is 29.5. The zero-order chi connectivity index (χ0) is 58.1. The van der Waals surface area contributed by atoms with Crippen LogP contribution in [0.25, 0.3) is 155 Å². The standard InChI is InChI=1S/C78H53FN8/c1-78(2,3)72-74(84-68-36-32-48(60-24-12-16-40-80-60)44-56(68)57-45-49(33-37-69(57)84)61-25-13-17-41-81-61)76(86-64-28-8-4-20-52(64)53-21-5-9-29-65(53)86)73(79)77(87-66-30-10-6-22-54(66)55-23-7-11-31-67(55)87)75(72)85-70-38-34-50(62-26-14-18-42-82-62)46-58(70)59-47-51(35-39-71(59)85)63-27-15-19-43-83-63/h4-47H,1-3H3. The fraction of sp³-hybridized carbons (Fsp3) is 0.0513. The van der Waals surface area contributed by atoms with Gasteiger partial charge < -0.3 is 18.3 Å². The smallest absolute Gasteiger partial charge is 0.175 e. The van der Waals surface area contributed by atoms with Crippen LogP contribution < -0.4 is 0 Å². The second-order valence-corrected chi connectivity index (χ2v) is 23.5. The average Bonchev–Trinajstić information content (AvgIpc) is 1.72. The molecule has 0 saturated carbocycles. The molecule has 9 heteroatoms. The predicted octanol–water partition coefficient (Wildman–Crippen LogP) is 19.8. The number of rotatable bonds is 8. The van der Waals surface area contributed by atoms with E-state index in [9.17, 15) is 0 Å². The van der Waals surface area contributed by atoms with Gasteiger partial charge in [-0.05, 0) is 127 Å². The van der Waals surface area contributed by atoms with Gasteiger partial charge >= 0.3 is 0 Å². The Bertz CT molecular complexity index is 4980. The first-order chi connectivity index (χ1) is 42.8. The highest BCUT2D eigenvalue weighted by Crippen LogP contribution is 2.52. The molecule has 0 aliphatic carbocycles. The topological polar surface area (TPSA) is 71.3 Å². The lowest BCUT2D eigenvalue weighted by atomic mass is 9.82. The monoisotopic (exact) mass is 1120 g/mol. The average molecular weight is 1120 g/mol. The molecule has 8 aromatic heterocycles. The highest BCUT2D eigenvalue weighted by atomic mass is 19.1. The van der Waals surface area contributed by atoms with Crippen LogP contribution in [0.1, 0.15) is 26.3 Å². The lowest BCUT2D eigenvalue weighted by Crippen LogP contribution is -2.24. The summed E-state index contributed by atoms with van der Waals surface area (Å²) in [7, 11) is 0. The van der Waals surface area contributed by atoms with Gasteiger partial charge in [-0.3, -0.25) is 19.9 Å². The van der Waals surface area contributed by atoms with Crippen LogP contribution in [-0.4, -0.2) is 38.2 Å². The van der Waals surface area contributed by atoms with Crippen LogP contribution in [0.15, 0.2) is 267 Å². The van der Waals surface area contributed by atoms with Gasteiger partial charge in [-0.25, -0.2) is 4.39 Å². The summed E-state index contributed by atoms with van der Waals surface area (Å²) in [6.07, 6.45) is 7.36. The van der Waals surface area contributed by atoms with Gasteiger partial charge in [-0.15, -0.1) is 0 Å². The third-order valence-corrected chi connectivity index (χ3v) is 17.5. The Morgan fingerprint density at radius 2 is 0.506 bits per heavy atom. The molecule has 0 unspecified atom stereocenters. The summed E-state index contributed by atoms with van der Waals surface area (Å²) >= 11 is 0. The van der Waals surface area contributed by atoms with Gasteiger partial charge in [0.05, 0.1) is 78.3 Å². The largest absolute Gasteiger partial charge is 0.307 e. The molecule has 0 bridgehead atoms. The fourth-order valence-electron chi connectivity index (χ4n) is 13.8. The number of aromatic nitrogens is 8. The van der Waals surface area contributed by atoms with Crippen molar-refractivity contribution in [3.63, 3.8) is 0 Å². The SMILES string of the molecule is CC(C)(C)c1c(-n2c3ccc(-c4ccccn4)cc3c3cc(-c4ccccn4)ccc32)c(-n2c3ccccc3c3ccccc32)c(F)c(-n2c3ccccc3c3ccccc32)c1-n1c2ccc(-c3ccccn3)cc2c2cc(-c3ccccn3)ccc21. The number of hydrogen-bond donors (Lipinski definition) is 0. The molecule has 8 nitrogen and oxygen atoms in total. The van der Waals surface area contributed by atoms with Gasteiger partial charge in [0.25, 0.3) is 0 Å². The van der Waals surface area contributed by atoms with Gasteiger partial charge in [-0.2, -0.15) is 0 Å². The molecule has 412 valence electrons. The second-order valence-electron chi connectivity index (χ2n) is 23.5. The normalized spacial score (nSPS) is 12.1. The minimum absolute atomic E-state index is 0.388. The Labute approximate surface area is 500 Å². The minimum atomic E-state index is -0.727. The molecule has 0 aliphatic heterocycles. The first kappa shape index (κ1) is 50.2. The summed E-state index contributed by atoms with van der Waals surface area (Å²) in [6.45, 7) is 6.87. The maximum Gasteiger partial charge on any atom is 0.175 e. The zero-order valence-corrected chi connectivity index (χ0v) is 47.9. The van der Waals surface area contributed by atoms with E-state index < -0.39 is 5.41 Å². The van der Waals surface area contributed by atoms with Crippen molar-refractivity contribution in [3.8, 4) is 67.8 Å². The van der Waals surface area contributed by atoms with Gasteiger partial charge in [-0.1, -0.05) is 142 Å². The third kappa shape index (κ3) is 7.68. The number of benzene rings is 9. The van der Waals surface area contributed by atoms with Crippen molar-refractivity contribution < 1.29 is 4.39 Å². The quantitative estimate of drug-likeness (QED) is 0.152. The van der Waals surface area contributed by atoms with E-state index in [0.29, 0.717) is 22.7 Å². The van der Waals surface area contributed by atoms with Crippen LogP contribution in [0.5, 0.6) is 0 Å². The van der Waals surface area contributed by atoms with Crippen LogP contribution in [0.3, 0.4) is 0 Å². The highest BCUT2D eigenvalue weighted by Gasteiger charge is 2.38. The molecule has 0 aliphatic rings. The highest BCUT2D eigenvalue weighted by molar-refractivity contribution is 6.16. The lowest BCUT2D eigenvalue weighted by molar-refractivity contribution is 0.571. The Kier molecular flexibility index (Phi) is 11.2. The Hall–Kier alpha value is -11.3. The lowest BCUT2D eigenvalue weighted by Gasteiger charge is -2.33. The number of pyridine rings is 4. The molecule has 0 saturated heterocycles. The van der Waals surface area contributed by atoms with Crippen molar-refractivity contribution in [2.75, 3.05) is 0 Å². The molecule has 0 N–H and O–H groups in total. The first-order valence-electron chi connectivity index (χ1n) is 29.5. The molecule has 0 fully saturated rings. The Morgan fingerprint density at radius 1 is 0.264 bits per heavy atom. The maximum absolute atomic E-state index is 21.4. The van der Waals surface area contributed by atoms with E-state index in [1.807, 2.05) is 73.3 Å². The van der Waals surface area contributed by atoms with Gasteiger partial charge in [0.2, 0.25) is 0 Å². The second kappa shape index (κ2) is 19.4. The molecular weight excluding hydrogens is 1070 g/mol. The van der Waals surface area contributed by atoms with Crippen LogP contribution >= 0.6 is 0 Å². The molecule has 0 amide bonds. The Balaban J connectivity index is 1.14. The van der Waals surface area contributed by atoms with Crippen LogP contribution in [0.4, 0.5) is 4.39 Å². The van der Waals surface area contributed by atoms with E-state index in [0.717, 1.165) is 138 Å². The predicted molar refractivity (Wildman–Crippen MR) is 355 cm³/mol. The van der Waals surface area contributed by atoms with Gasteiger partial charge in [0.15, 0.2) is 5.82 Å². The summed E-state index contributed by atoms with van der Waals surface area (Å²) in [6, 6.07) is 84.4. The van der Waals surface area contributed by atoms with Crippen LogP contribution in [0, 0.1) is 5.82 Å². The molecule has 9 aromatic carbocycles. The van der Waals surface area contributed by atoms with Crippen molar-refractivity contribution >= 4 is 87.2 Å². The van der Waals surface area contributed by atoms with E-state index >= 15 is 4.39 Å². The Morgan fingerprint density at radius 3 is 0.759 bits per heavy atom. The van der Waals surface area contributed by atoms with Crippen molar-refractivity contribution in [3.05, 3.63) is 279 Å². The van der Waals surface area contributed by atoms with Gasteiger partial charge in [0, 0.05) is 95.7 Å². The van der Waals surface area contributed by atoms with E-state index in [4.69, 9.17) is 19.9 Å². The summed E-state index contributed by atoms with van der Waals surface area (Å²) in [5, 5.41) is 8.07. The summed E-state index contributed by atoms with van der Waals surface area (Å²) in [5.41, 5.74) is 17.0. The fourth-order valence-corrected chi connectivity index (χ4v) is 13.8. The molecule has 87 heavy (non-hydrogen) atoms.